The Bertz CT molecular complexity index is 1090. The molecule has 4 nitrogen and oxygen atoms in total. The number of nitrogens with zero attached hydrogens (tertiary/aromatic N) is 1. The molecule has 0 spiro atoms. The van der Waals surface area contributed by atoms with Crippen LogP contribution in [0, 0.1) is 11.7 Å². The Morgan fingerprint density at radius 2 is 1.63 bits per heavy atom. The van der Waals surface area contributed by atoms with Crippen LogP contribution in [-0.2, 0) is 29.0 Å². The maximum Gasteiger partial charge on any atom is 0.223 e. The largest absolute Gasteiger partial charge is 0.352 e. The molecule has 35 heavy (non-hydrogen) atoms. The maximum atomic E-state index is 13.2. The first kappa shape index (κ1) is 26.4. The lowest BCUT2D eigenvalue weighted by molar-refractivity contribution is -0.132. The Hall–Kier alpha value is -3.18. The summed E-state index contributed by atoms with van der Waals surface area (Å²) in [6.45, 7) is 3.36. The highest BCUT2D eigenvalue weighted by molar-refractivity contribution is 6.31. The molecule has 6 heteroatoms. The molecule has 3 rings (SSSR count). The minimum absolute atomic E-state index is 0.0533. The molecule has 1 atom stereocenters. The van der Waals surface area contributed by atoms with Crippen molar-refractivity contribution in [3.8, 4) is 0 Å². The number of benzene rings is 3. The van der Waals surface area contributed by atoms with E-state index in [4.69, 9.17) is 11.6 Å². The van der Waals surface area contributed by atoms with E-state index in [1.54, 1.807) is 12.1 Å². The van der Waals surface area contributed by atoms with E-state index in [1.165, 1.54) is 12.1 Å². The number of carbonyl (C=O) groups is 2. The Labute approximate surface area is 212 Å². The highest BCUT2D eigenvalue weighted by atomic mass is 35.5. The molecule has 0 aliphatic carbocycles. The van der Waals surface area contributed by atoms with Crippen LogP contribution in [0.15, 0.2) is 78.9 Å². The van der Waals surface area contributed by atoms with E-state index in [0.717, 1.165) is 16.7 Å². The highest BCUT2D eigenvalue weighted by Crippen LogP contribution is 2.18. The van der Waals surface area contributed by atoms with E-state index in [1.807, 2.05) is 66.4 Å². The molecule has 3 aromatic rings. The van der Waals surface area contributed by atoms with Crippen molar-refractivity contribution < 1.29 is 14.0 Å². The standard InChI is InChI=1S/C29H32ClFN2O2/c1-2-33(28(34)17-14-24-10-6-7-11-27(24)30)19-18-25(20-22-8-4-3-5-9-22)29(35)32-21-23-12-15-26(31)16-13-23/h3-13,15-16,25H,2,14,17-21H2,1H3,(H,32,35). The van der Waals surface area contributed by atoms with Gasteiger partial charge in [0.25, 0.3) is 0 Å². The Morgan fingerprint density at radius 1 is 0.943 bits per heavy atom. The van der Waals surface area contributed by atoms with Crippen LogP contribution in [-0.4, -0.2) is 29.8 Å². The van der Waals surface area contributed by atoms with E-state index in [2.05, 4.69) is 5.32 Å². The summed E-state index contributed by atoms with van der Waals surface area (Å²) in [7, 11) is 0. The first-order valence-corrected chi connectivity index (χ1v) is 12.4. The molecule has 0 radical (unpaired) electrons. The first-order valence-electron chi connectivity index (χ1n) is 12.0. The molecule has 0 heterocycles. The van der Waals surface area contributed by atoms with Crippen molar-refractivity contribution in [3.05, 3.63) is 106 Å². The normalized spacial score (nSPS) is 11.6. The minimum Gasteiger partial charge on any atom is -0.352 e. The summed E-state index contributed by atoms with van der Waals surface area (Å²) in [5.41, 5.74) is 2.87. The smallest absolute Gasteiger partial charge is 0.223 e. The molecule has 0 saturated heterocycles. The molecule has 1 N–H and O–H groups in total. The fourth-order valence-corrected chi connectivity index (χ4v) is 4.26. The monoisotopic (exact) mass is 494 g/mol. The van der Waals surface area contributed by atoms with E-state index in [9.17, 15) is 14.0 Å². The van der Waals surface area contributed by atoms with Crippen molar-refractivity contribution in [2.75, 3.05) is 13.1 Å². The van der Waals surface area contributed by atoms with Crippen LogP contribution in [0.4, 0.5) is 4.39 Å². The van der Waals surface area contributed by atoms with Crippen molar-refractivity contribution in [3.63, 3.8) is 0 Å². The zero-order valence-corrected chi connectivity index (χ0v) is 20.8. The molecular weight excluding hydrogens is 463 g/mol. The lowest BCUT2D eigenvalue weighted by Crippen LogP contribution is -2.37. The van der Waals surface area contributed by atoms with Crippen molar-refractivity contribution in [1.82, 2.24) is 10.2 Å². The molecule has 0 aliphatic rings. The fourth-order valence-electron chi connectivity index (χ4n) is 4.03. The lowest BCUT2D eigenvalue weighted by Gasteiger charge is -2.24. The number of aryl methyl sites for hydroxylation is 1. The number of amides is 2. The van der Waals surface area contributed by atoms with Gasteiger partial charge >= 0.3 is 0 Å². The first-order chi connectivity index (χ1) is 17.0. The van der Waals surface area contributed by atoms with Gasteiger partial charge in [0.15, 0.2) is 0 Å². The van der Waals surface area contributed by atoms with Crippen molar-refractivity contribution >= 4 is 23.4 Å². The van der Waals surface area contributed by atoms with Gasteiger partial charge in [-0.15, -0.1) is 0 Å². The van der Waals surface area contributed by atoms with E-state index < -0.39 is 0 Å². The van der Waals surface area contributed by atoms with Gasteiger partial charge in [-0.3, -0.25) is 9.59 Å². The third kappa shape index (κ3) is 8.52. The van der Waals surface area contributed by atoms with Crippen LogP contribution in [0.1, 0.15) is 36.5 Å². The topological polar surface area (TPSA) is 49.4 Å². The van der Waals surface area contributed by atoms with Gasteiger partial charge in [0.1, 0.15) is 5.82 Å². The van der Waals surface area contributed by atoms with Crippen LogP contribution in [0.5, 0.6) is 0 Å². The molecule has 0 fully saturated rings. The fraction of sp³-hybridized carbons (Fsp3) is 0.310. The molecule has 0 saturated carbocycles. The van der Waals surface area contributed by atoms with Crippen LogP contribution < -0.4 is 5.32 Å². The second-order valence-corrected chi connectivity index (χ2v) is 8.99. The molecule has 184 valence electrons. The molecule has 0 aromatic heterocycles. The van der Waals surface area contributed by atoms with Crippen molar-refractivity contribution in [1.29, 1.82) is 0 Å². The Kier molecular flexibility index (Phi) is 10.3. The molecule has 2 amide bonds. The van der Waals surface area contributed by atoms with Gasteiger partial charge in [0.05, 0.1) is 0 Å². The molecule has 3 aromatic carbocycles. The summed E-state index contributed by atoms with van der Waals surface area (Å²) in [6.07, 6.45) is 2.09. The van der Waals surface area contributed by atoms with Gasteiger partial charge in [-0.2, -0.15) is 0 Å². The van der Waals surface area contributed by atoms with E-state index in [0.29, 0.717) is 50.3 Å². The minimum atomic E-state index is -0.305. The van der Waals surface area contributed by atoms with Gasteiger partial charge in [0, 0.05) is 37.0 Å². The number of hydrogen-bond donors (Lipinski definition) is 1. The number of nitrogens with one attached hydrogen (secondary N) is 1. The molecule has 0 aliphatic heterocycles. The van der Waals surface area contributed by atoms with Crippen LogP contribution >= 0.6 is 11.6 Å². The summed E-state index contributed by atoms with van der Waals surface area (Å²) in [5, 5.41) is 3.65. The lowest BCUT2D eigenvalue weighted by atomic mass is 9.94. The van der Waals surface area contributed by atoms with Crippen LogP contribution in [0.25, 0.3) is 0 Å². The summed E-state index contributed by atoms with van der Waals surface area (Å²) in [5.74, 6) is -0.612. The maximum absolute atomic E-state index is 13.2. The summed E-state index contributed by atoms with van der Waals surface area (Å²) >= 11 is 6.23. The molecular formula is C29H32ClFN2O2. The summed E-state index contributed by atoms with van der Waals surface area (Å²) in [6, 6.07) is 23.5. The average molecular weight is 495 g/mol. The van der Waals surface area contributed by atoms with E-state index >= 15 is 0 Å². The quantitative estimate of drug-likeness (QED) is 0.344. The van der Waals surface area contributed by atoms with Gasteiger partial charge in [0.2, 0.25) is 11.8 Å². The van der Waals surface area contributed by atoms with Crippen LogP contribution in [0.3, 0.4) is 0 Å². The van der Waals surface area contributed by atoms with Gasteiger partial charge in [-0.05, 0) is 61.1 Å². The summed E-state index contributed by atoms with van der Waals surface area (Å²) in [4.78, 5) is 27.8. The third-order valence-corrected chi connectivity index (χ3v) is 6.49. The van der Waals surface area contributed by atoms with Crippen LogP contribution in [0.2, 0.25) is 5.02 Å². The van der Waals surface area contributed by atoms with Gasteiger partial charge in [-0.1, -0.05) is 72.3 Å². The average Bonchev–Trinajstić information content (AvgIpc) is 2.88. The number of hydrogen-bond acceptors (Lipinski definition) is 2. The second kappa shape index (κ2) is 13.6. The summed E-state index contributed by atoms with van der Waals surface area (Å²) < 4.78 is 13.2. The molecule has 1 unspecified atom stereocenters. The number of carbonyl (C=O) groups excluding carboxylic acids is 2. The Morgan fingerprint density at radius 3 is 2.31 bits per heavy atom. The predicted molar refractivity (Wildman–Crippen MR) is 139 cm³/mol. The number of rotatable bonds is 12. The predicted octanol–water partition coefficient (Wildman–Crippen LogP) is 5.83. The third-order valence-electron chi connectivity index (χ3n) is 6.12. The number of halogens is 2. The zero-order chi connectivity index (χ0) is 25.0. The highest BCUT2D eigenvalue weighted by Gasteiger charge is 2.21. The van der Waals surface area contributed by atoms with Gasteiger partial charge < -0.3 is 10.2 Å². The van der Waals surface area contributed by atoms with Gasteiger partial charge in [-0.25, -0.2) is 4.39 Å². The molecule has 0 bridgehead atoms. The van der Waals surface area contributed by atoms with E-state index in [-0.39, 0.29) is 23.5 Å². The van der Waals surface area contributed by atoms with Crippen molar-refractivity contribution in [2.45, 2.75) is 39.2 Å². The zero-order valence-electron chi connectivity index (χ0n) is 20.1. The second-order valence-electron chi connectivity index (χ2n) is 8.58. The van der Waals surface area contributed by atoms with Crippen molar-refractivity contribution in [2.24, 2.45) is 5.92 Å². The SMILES string of the molecule is CCN(CCC(Cc1ccccc1)C(=O)NCc1ccc(F)cc1)C(=O)CCc1ccccc1Cl. The Balaban J connectivity index is 1.60.